The first-order chi connectivity index (χ1) is 10.2. The zero-order valence-corrected chi connectivity index (χ0v) is 12.4. The second kappa shape index (κ2) is 8.22. The second-order valence-electron chi connectivity index (χ2n) is 5.17. The number of amides is 1. The van der Waals surface area contributed by atoms with E-state index in [1.807, 2.05) is 18.2 Å². The van der Waals surface area contributed by atoms with Crippen molar-refractivity contribution in [2.24, 2.45) is 0 Å². The molecule has 0 aromatic heterocycles. The van der Waals surface area contributed by atoms with Gasteiger partial charge in [-0.15, -0.1) is 0 Å². The summed E-state index contributed by atoms with van der Waals surface area (Å²) in [5, 5.41) is 6.08. The second-order valence-corrected chi connectivity index (χ2v) is 5.17. The van der Waals surface area contributed by atoms with Gasteiger partial charge in [0, 0.05) is 13.1 Å². The fourth-order valence-corrected chi connectivity index (χ4v) is 2.08. The van der Waals surface area contributed by atoms with E-state index in [1.54, 1.807) is 0 Å². The number of carbonyl (C=O) groups is 1. The lowest BCUT2D eigenvalue weighted by atomic mass is 10.1. The zero-order valence-electron chi connectivity index (χ0n) is 12.4. The maximum absolute atomic E-state index is 11.7. The lowest BCUT2D eigenvalue weighted by Gasteiger charge is -2.07. The average Bonchev–Trinajstić information content (AvgIpc) is 2.50. The van der Waals surface area contributed by atoms with E-state index in [4.69, 9.17) is 0 Å². The van der Waals surface area contributed by atoms with E-state index in [-0.39, 0.29) is 5.91 Å². The van der Waals surface area contributed by atoms with Gasteiger partial charge in [-0.1, -0.05) is 60.2 Å². The first-order valence-electron chi connectivity index (χ1n) is 7.31. The lowest BCUT2D eigenvalue weighted by Crippen LogP contribution is -2.34. The molecule has 0 atom stereocenters. The van der Waals surface area contributed by atoms with Crippen LogP contribution in [0.1, 0.15) is 16.7 Å². The van der Waals surface area contributed by atoms with Crippen LogP contribution in [0.3, 0.4) is 0 Å². The molecule has 3 heteroatoms. The summed E-state index contributed by atoms with van der Waals surface area (Å²) >= 11 is 0. The Labute approximate surface area is 126 Å². The minimum Gasteiger partial charge on any atom is -0.355 e. The number of nitrogens with one attached hydrogen (secondary N) is 2. The predicted octanol–water partition coefficient (Wildman–Crippen LogP) is 2.44. The molecule has 21 heavy (non-hydrogen) atoms. The maximum Gasteiger partial charge on any atom is 0.233 e. The Morgan fingerprint density at radius 2 is 1.67 bits per heavy atom. The summed E-state index contributed by atoms with van der Waals surface area (Å²) < 4.78 is 0. The van der Waals surface area contributed by atoms with E-state index in [1.165, 1.54) is 16.7 Å². The first kappa shape index (κ1) is 15.3. The van der Waals surface area contributed by atoms with Gasteiger partial charge in [-0.3, -0.25) is 4.79 Å². The van der Waals surface area contributed by atoms with Crippen LogP contribution in [-0.2, 0) is 17.8 Å². The Hall–Kier alpha value is -2.13. The molecule has 0 spiro atoms. The molecule has 0 heterocycles. The molecular formula is C18H22N2O. The van der Waals surface area contributed by atoms with Crippen molar-refractivity contribution in [3.05, 3.63) is 71.3 Å². The molecule has 0 bridgehead atoms. The number of hydrogen-bond donors (Lipinski definition) is 2. The molecule has 0 aliphatic rings. The third-order valence-corrected chi connectivity index (χ3v) is 3.31. The van der Waals surface area contributed by atoms with Gasteiger partial charge in [0.05, 0.1) is 6.54 Å². The van der Waals surface area contributed by atoms with Crippen LogP contribution in [0.4, 0.5) is 0 Å². The van der Waals surface area contributed by atoms with Crippen molar-refractivity contribution >= 4 is 5.91 Å². The van der Waals surface area contributed by atoms with Crippen LogP contribution in [-0.4, -0.2) is 19.0 Å². The molecule has 110 valence electrons. The Morgan fingerprint density at radius 3 is 2.38 bits per heavy atom. The van der Waals surface area contributed by atoms with Gasteiger partial charge in [-0.25, -0.2) is 0 Å². The van der Waals surface area contributed by atoms with Crippen LogP contribution in [0.5, 0.6) is 0 Å². The summed E-state index contributed by atoms with van der Waals surface area (Å²) in [6.45, 7) is 3.81. The quantitative estimate of drug-likeness (QED) is 0.819. The number of rotatable bonds is 7. The highest BCUT2D eigenvalue weighted by atomic mass is 16.1. The summed E-state index contributed by atoms with van der Waals surface area (Å²) in [5.74, 6) is 0.0399. The Morgan fingerprint density at radius 1 is 0.952 bits per heavy atom. The number of carbonyl (C=O) groups excluding carboxylic acids is 1. The standard InChI is InChI=1S/C18H22N2O/c1-15-7-9-17(10-8-15)13-19-14-18(21)20-12-11-16-5-3-2-4-6-16/h2-10,19H,11-14H2,1H3,(H,20,21). The van der Waals surface area contributed by atoms with Crippen molar-refractivity contribution in [2.75, 3.05) is 13.1 Å². The molecule has 0 aliphatic carbocycles. The van der Waals surface area contributed by atoms with E-state index in [0.29, 0.717) is 19.6 Å². The molecule has 0 saturated heterocycles. The van der Waals surface area contributed by atoms with Gasteiger partial charge in [0.25, 0.3) is 0 Å². The molecule has 0 saturated carbocycles. The van der Waals surface area contributed by atoms with Gasteiger partial charge < -0.3 is 10.6 Å². The summed E-state index contributed by atoms with van der Waals surface area (Å²) in [6, 6.07) is 18.5. The molecular weight excluding hydrogens is 260 g/mol. The summed E-state index contributed by atoms with van der Waals surface area (Å²) in [5.41, 5.74) is 3.68. The Balaban J connectivity index is 1.60. The summed E-state index contributed by atoms with van der Waals surface area (Å²) in [6.07, 6.45) is 0.866. The minimum atomic E-state index is 0.0399. The monoisotopic (exact) mass is 282 g/mol. The van der Waals surface area contributed by atoms with E-state index in [0.717, 1.165) is 6.42 Å². The van der Waals surface area contributed by atoms with Gasteiger partial charge >= 0.3 is 0 Å². The molecule has 0 radical (unpaired) electrons. The Kier molecular flexibility index (Phi) is 5.98. The van der Waals surface area contributed by atoms with Crippen molar-refractivity contribution in [1.29, 1.82) is 0 Å². The molecule has 0 unspecified atom stereocenters. The third kappa shape index (κ3) is 5.79. The molecule has 0 aliphatic heterocycles. The van der Waals surface area contributed by atoms with Crippen LogP contribution in [0.2, 0.25) is 0 Å². The van der Waals surface area contributed by atoms with E-state index in [2.05, 4.69) is 54.0 Å². The van der Waals surface area contributed by atoms with Crippen molar-refractivity contribution < 1.29 is 4.79 Å². The fraction of sp³-hybridized carbons (Fsp3) is 0.278. The topological polar surface area (TPSA) is 41.1 Å². The van der Waals surface area contributed by atoms with Crippen LogP contribution >= 0.6 is 0 Å². The number of aryl methyl sites for hydroxylation is 1. The SMILES string of the molecule is Cc1ccc(CNCC(=O)NCCc2ccccc2)cc1. The van der Waals surface area contributed by atoms with E-state index < -0.39 is 0 Å². The number of benzene rings is 2. The maximum atomic E-state index is 11.7. The van der Waals surface area contributed by atoms with Crippen LogP contribution < -0.4 is 10.6 Å². The lowest BCUT2D eigenvalue weighted by molar-refractivity contribution is -0.120. The normalized spacial score (nSPS) is 10.3. The smallest absolute Gasteiger partial charge is 0.233 e. The third-order valence-electron chi connectivity index (χ3n) is 3.31. The molecule has 2 aromatic carbocycles. The van der Waals surface area contributed by atoms with Crippen molar-refractivity contribution in [2.45, 2.75) is 19.9 Å². The number of hydrogen-bond acceptors (Lipinski definition) is 2. The zero-order chi connectivity index (χ0) is 14.9. The van der Waals surface area contributed by atoms with Gasteiger partial charge in [0.15, 0.2) is 0 Å². The Bertz CT molecular complexity index is 549. The van der Waals surface area contributed by atoms with Crippen LogP contribution in [0, 0.1) is 6.92 Å². The van der Waals surface area contributed by atoms with Crippen LogP contribution in [0.15, 0.2) is 54.6 Å². The molecule has 0 fully saturated rings. The van der Waals surface area contributed by atoms with Gasteiger partial charge in [0.1, 0.15) is 0 Å². The van der Waals surface area contributed by atoms with Crippen molar-refractivity contribution in [3.63, 3.8) is 0 Å². The molecule has 2 N–H and O–H groups in total. The van der Waals surface area contributed by atoms with Gasteiger partial charge in [-0.05, 0) is 24.5 Å². The van der Waals surface area contributed by atoms with E-state index in [9.17, 15) is 4.79 Å². The predicted molar refractivity (Wildman–Crippen MR) is 86.0 cm³/mol. The largest absolute Gasteiger partial charge is 0.355 e. The van der Waals surface area contributed by atoms with Gasteiger partial charge in [-0.2, -0.15) is 0 Å². The highest BCUT2D eigenvalue weighted by molar-refractivity contribution is 5.77. The fourth-order valence-electron chi connectivity index (χ4n) is 2.08. The molecule has 3 nitrogen and oxygen atoms in total. The van der Waals surface area contributed by atoms with Crippen LogP contribution in [0.25, 0.3) is 0 Å². The molecule has 1 amide bonds. The highest BCUT2D eigenvalue weighted by Gasteiger charge is 2.00. The summed E-state index contributed by atoms with van der Waals surface area (Å²) in [7, 11) is 0. The highest BCUT2D eigenvalue weighted by Crippen LogP contribution is 2.02. The minimum absolute atomic E-state index is 0.0399. The van der Waals surface area contributed by atoms with Crippen molar-refractivity contribution in [1.82, 2.24) is 10.6 Å². The summed E-state index contributed by atoms with van der Waals surface area (Å²) in [4.78, 5) is 11.7. The van der Waals surface area contributed by atoms with E-state index >= 15 is 0 Å². The molecule has 2 rings (SSSR count). The van der Waals surface area contributed by atoms with Crippen molar-refractivity contribution in [3.8, 4) is 0 Å². The first-order valence-corrected chi connectivity index (χ1v) is 7.31. The molecule has 2 aromatic rings. The average molecular weight is 282 g/mol. The van der Waals surface area contributed by atoms with Gasteiger partial charge in [0.2, 0.25) is 5.91 Å².